The van der Waals surface area contributed by atoms with Crippen molar-refractivity contribution < 1.29 is 23.5 Å². The number of rotatable bonds is 7. The predicted octanol–water partition coefficient (Wildman–Crippen LogP) is 4.26. The Morgan fingerprint density at radius 3 is 2.71 bits per heavy atom. The molecule has 3 N–H and O–H groups in total. The van der Waals surface area contributed by atoms with E-state index in [1.165, 1.54) is 23.5 Å². The van der Waals surface area contributed by atoms with Gasteiger partial charge in [0.15, 0.2) is 10.8 Å². The number of benzene rings is 1. The first-order valence-electron chi connectivity index (χ1n) is 13.9. The van der Waals surface area contributed by atoms with E-state index in [-0.39, 0.29) is 35.6 Å². The van der Waals surface area contributed by atoms with Crippen LogP contribution in [0.4, 0.5) is 9.18 Å². The number of nitrogens with one attached hydrogen (secondary N) is 1. The lowest BCUT2D eigenvalue weighted by atomic mass is 9.76. The molecule has 5 rings (SSSR count). The van der Waals surface area contributed by atoms with E-state index < -0.39 is 41.2 Å². The molecular weight excluding hydrogens is 583 g/mol. The number of hydrogen-bond acceptors (Lipinski definition) is 8. The van der Waals surface area contributed by atoms with E-state index in [2.05, 4.69) is 10.3 Å². The fourth-order valence-electron chi connectivity index (χ4n) is 6.11. The number of esters is 1. The molecule has 10 nitrogen and oxygen atoms in total. The Morgan fingerprint density at radius 1 is 1.31 bits per heavy atom. The lowest BCUT2D eigenvalue weighted by Crippen LogP contribution is -2.53. The average Bonchev–Trinajstić information content (AvgIpc) is 3.58. The maximum absolute atomic E-state index is 14.6. The number of urea groups is 1. The van der Waals surface area contributed by atoms with Crippen LogP contribution < -0.4 is 11.1 Å². The van der Waals surface area contributed by atoms with Crippen LogP contribution in [0.3, 0.4) is 0 Å². The molecule has 0 aliphatic carbocycles. The second kappa shape index (κ2) is 11.6. The second-order valence-electron chi connectivity index (χ2n) is 11.6. The predicted molar refractivity (Wildman–Crippen MR) is 157 cm³/mol. The Morgan fingerprint density at radius 2 is 2.07 bits per heavy atom. The number of allylic oxidation sites excluding steroid dienone is 1. The topological polar surface area (TPSA) is 130 Å². The van der Waals surface area contributed by atoms with Gasteiger partial charge in [0.05, 0.1) is 29.2 Å². The number of nitrogens with zero attached hydrogens (tertiary/aromatic N) is 4. The first kappa shape index (κ1) is 30.0. The molecule has 13 heteroatoms. The minimum Gasteiger partial charge on any atom is -0.463 e. The van der Waals surface area contributed by atoms with Crippen molar-refractivity contribution in [1.82, 2.24) is 20.1 Å². The minimum atomic E-state index is -0.987. The monoisotopic (exact) mass is 616 g/mol. The van der Waals surface area contributed by atoms with Gasteiger partial charge in [0.2, 0.25) is 5.91 Å². The smallest absolute Gasteiger partial charge is 0.338 e. The van der Waals surface area contributed by atoms with Crippen molar-refractivity contribution in [2.45, 2.75) is 58.2 Å². The van der Waals surface area contributed by atoms with E-state index in [4.69, 9.17) is 27.1 Å². The van der Waals surface area contributed by atoms with Crippen LogP contribution >= 0.6 is 22.9 Å². The number of halogens is 2. The highest BCUT2D eigenvalue weighted by Gasteiger charge is 2.52. The molecule has 0 saturated carbocycles. The van der Waals surface area contributed by atoms with Gasteiger partial charge in [-0.3, -0.25) is 9.79 Å². The molecule has 1 aromatic heterocycles. The van der Waals surface area contributed by atoms with Crippen molar-refractivity contribution in [2.75, 3.05) is 19.7 Å². The molecule has 4 atom stereocenters. The lowest BCUT2D eigenvalue weighted by Gasteiger charge is -2.40. The number of nitrogens with two attached hydrogens (primary N) is 1. The van der Waals surface area contributed by atoms with Gasteiger partial charge in [-0.05, 0) is 52.5 Å². The zero-order chi connectivity index (χ0) is 30.3. The van der Waals surface area contributed by atoms with E-state index in [0.717, 1.165) is 0 Å². The number of carbonyl (C=O) groups is 3. The van der Waals surface area contributed by atoms with Crippen molar-refractivity contribution in [3.63, 3.8) is 0 Å². The van der Waals surface area contributed by atoms with E-state index in [1.54, 1.807) is 34.4 Å². The SMILES string of the molecule is CCOC(=O)C1=C(CC2CCN3C(=O)N(C(C)(C)C)C[C@H]3[C@@H]2C(N)=O)NC(c2nccs2)=N[C@H]1c1cccc(F)c1Cl. The Labute approximate surface area is 252 Å². The van der Waals surface area contributed by atoms with Crippen LogP contribution in [0.5, 0.6) is 0 Å². The van der Waals surface area contributed by atoms with Crippen LogP contribution in [0.25, 0.3) is 0 Å². The molecule has 3 amide bonds. The molecule has 224 valence electrons. The summed E-state index contributed by atoms with van der Waals surface area (Å²) in [6.07, 6.45) is 2.36. The van der Waals surface area contributed by atoms with Gasteiger partial charge in [-0.1, -0.05) is 23.7 Å². The van der Waals surface area contributed by atoms with Crippen LogP contribution in [0, 0.1) is 17.7 Å². The highest BCUT2D eigenvalue weighted by molar-refractivity contribution is 7.11. The van der Waals surface area contributed by atoms with E-state index in [1.807, 2.05) is 20.8 Å². The van der Waals surface area contributed by atoms with Crippen molar-refractivity contribution in [3.8, 4) is 0 Å². The molecule has 2 saturated heterocycles. The highest BCUT2D eigenvalue weighted by atomic mass is 35.5. The molecule has 42 heavy (non-hydrogen) atoms. The molecule has 0 bridgehead atoms. The van der Waals surface area contributed by atoms with Crippen LogP contribution in [0.1, 0.15) is 57.1 Å². The summed E-state index contributed by atoms with van der Waals surface area (Å²) in [6, 6.07) is 2.87. The van der Waals surface area contributed by atoms with Crippen LogP contribution in [0.2, 0.25) is 5.02 Å². The summed E-state index contributed by atoms with van der Waals surface area (Å²) in [4.78, 5) is 52.4. The van der Waals surface area contributed by atoms with Gasteiger partial charge in [0, 0.05) is 41.5 Å². The molecule has 1 unspecified atom stereocenters. The molecular formula is C29H34ClFN6O4S. The second-order valence-corrected chi connectivity index (χ2v) is 12.9. The number of amides is 3. The largest absolute Gasteiger partial charge is 0.463 e. The van der Waals surface area contributed by atoms with Gasteiger partial charge in [-0.15, -0.1) is 11.3 Å². The molecule has 3 aliphatic heterocycles. The van der Waals surface area contributed by atoms with E-state index in [9.17, 15) is 18.8 Å². The Kier molecular flexibility index (Phi) is 8.30. The fourth-order valence-corrected chi connectivity index (χ4v) is 6.93. The number of aliphatic imine (C=N–C) groups is 1. The van der Waals surface area contributed by atoms with Crippen molar-refractivity contribution in [1.29, 1.82) is 0 Å². The summed E-state index contributed by atoms with van der Waals surface area (Å²) >= 11 is 7.77. The zero-order valence-electron chi connectivity index (χ0n) is 23.9. The third kappa shape index (κ3) is 5.49. The van der Waals surface area contributed by atoms with Gasteiger partial charge in [0.25, 0.3) is 0 Å². The maximum Gasteiger partial charge on any atom is 0.338 e. The van der Waals surface area contributed by atoms with E-state index >= 15 is 0 Å². The van der Waals surface area contributed by atoms with Gasteiger partial charge in [-0.25, -0.2) is 19.0 Å². The normalized spacial score (nSPS) is 24.3. The molecule has 2 fully saturated rings. The molecule has 1 aromatic carbocycles. The van der Waals surface area contributed by atoms with E-state index in [0.29, 0.717) is 41.6 Å². The number of aromatic nitrogens is 1. The standard InChI is InChI=1S/C29H34ClFN6O4S/c1-5-41-27(39)21-18(13-15-9-11-36-19(20(15)24(32)38)14-37(28(36)40)29(2,3)4)34-25(26-33-10-12-42-26)35-23(21)16-7-6-8-17(31)22(16)30/h6-8,10,12,15,19-20,23H,5,9,11,13-14H2,1-4H3,(H2,32,38)(H,34,35)/t15?,19-,20+,23-/m0/s1. The Bertz CT molecular complexity index is 1460. The molecule has 3 aliphatic rings. The quantitative estimate of drug-likeness (QED) is 0.447. The third-order valence-corrected chi connectivity index (χ3v) is 9.23. The van der Waals surface area contributed by atoms with Gasteiger partial charge in [0.1, 0.15) is 11.9 Å². The van der Waals surface area contributed by atoms with Gasteiger partial charge >= 0.3 is 12.0 Å². The number of amidine groups is 1. The first-order chi connectivity index (χ1) is 19.9. The number of hydrogen-bond donors (Lipinski definition) is 2. The van der Waals surface area contributed by atoms with Crippen molar-refractivity contribution in [2.24, 2.45) is 22.6 Å². The zero-order valence-corrected chi connectivity index (χ0v) is 25.5. The molecule has 0 spiro atoms. The lowest BCUT2D eigenvalue weighted by molar-refractivity contribution is -0.139. The Hall–Kier alpha value is -3.51. The molecule has 2 aromatic rings. The number of carbonyl (C=O) groups excluding carboxylic acids is 3. The first-order valence-corrected chi connectivity index (χ1v) is 15.1. The van der Waals surface area contributed by atoms with Crippen LogP contribution in [-0.4, -0.2) is 69.8 Å². The van der Waals surface area contributed by atoms with Gasteiger partial charge < -0.3 is 25.6 Å². The van der Waals surface area contributed by atoms with Gasteiger partial charge in [-0.2, -0.15) is 0 Å². The third-order valence-electron chi connectivity index (χ3n) is 8.05. The van der Waals surface area contributed by atoms with Crippen LogP contribution in [-0.2, 0) is 14.3 Å². The Balaban J connectivity index is 1.58. The number of ether oxygens (including phenoxy) is 1. The number of primary amides is 1. The summed E-state index contributed by atoms with van der Waals surface area (Å²) < 4.78 is 20.1. The fraction of sp³-hybridized carbons (Fsp3) is 0.483. The molecule has 4 heterocycles. The maximum atomic E-state index is 14.6. The number of thiazole rings is 1. The highest BCUT2D eigenvalue weighted by Crippen LogP contribution is 2.43. The van der Waals surface area contributed by atoms with Crippen molar-refractivity contribution in [3.05, 3.63) is 62.5 Å². The summed E-state index contributed by atoms with van der Waals surface area (Å²) in [5.41, 5.74) is 6.53. The summed E-state index contributed by atoms with van der Waals surface area (Å²) in [5.74, 6) is -2.35. The summed E-state index contributed by atoms with van der Waals surface area (Å²) in [6.45, 7) is 8.49. The average molecular weight is 617 g/mol. The minimum absolute atomic E-state index is 0.109. The summed E-state index contributed by atoms with van der Waals surface area (Å²) in [7, 11) is 0. The summed E-state index contributed by atoms with van der Waals surface area (Å²) in [5, 5.41) is 5.50. The van der Waals surface area contributed by atoms with Crippen molar-refractivity contribution >= 4 is 46.7 Å². The molecule has 0 radical (unpaired) electrons. The van der Waals surface area contributed by atoms with Crippen LogP contribution in [0.15, 0.2) is 46.0 Å². The number of piperidine rings is 1. The number of fused-ring (bicyclic) bond motifs is 1.